The molecule has 3 aliphatic rings. The molecule has 0 aromatic carbocycles. The lowest BCUT2D eigenvalue weighted by molar-refractivity contribution is -0.136. The zero-order valence-electron chi connectivity index (χ0n) is 16.2. The van der Waals surface area contributed by atoms with E-state index in [0.717, 1.165) is 6.42 Å². The largest absolute Gasteiger partial charge is 0.326 e. The lowest BCUT2D eigenvalue weighted by atomic mass is 9.64. The van der Waals surface area contributed by atoms with Crippen LogP contribution in [0.2, 0.25) is 0 Å². The molecule has 2 aliphatic heterocycles. The molecule has 3 atom stereocenters. The van der Waals surface area contributed by atoms with Crippen LogP contribution < -0.4 is 5.32 Å². The number of sulfone groups is 1. The number of imide groups is 1. The Morgan fingerprint density at radius 2 is 1.96 bits per heavy atom. The van der Waals surface area contributed by atoms with Crippen molar-refractivity contribution in [2.24, 2.45) is 11.3 Å². The third-order valence-electron chi connectivity index (χ3n) is 6.08. The molecule has 3 fully saturated rings. The highest BCUT2D eigenvalue weighted by Crippen LogP contribution is 2.46. The Morgan fingerprint density at radius 1 is 1.27 bits per heavy atom. The average molecular weight is 386 g/mol. The zero-order valence-corrected chi connectivity index (χ0v) is 17.1. The van der Waals surface area contributed by atoms with Crippen LogP contribution in [-0.4, -0.2) is 66.5 Å². The summed E-state index contributed by atoms with van der Waals surface area (Å²) in [4.78, 5) is 29.1. The molecule has 3 amide bonds. The maximum Gasteiger partial charge on any atom is 0.326 e. The molecule has 1 spiro atoms. The lowest BCUT2D eigenvalue weighted by Crippen LogP contribution is -2.54. The van der Waals surface area contributed by atoms with Gasteiger partial charge in [-0.3, -0.25) is 9.69 Å². The van der Waals surface area contributed by atoms with E-state index >= 15 is 0 Å². The fourth-order valence-electron chi connectivity index (χ4n) is 5.35. The lowest BCUT2D eigenvalue weighted by Gasteiger charge is -2.44. The van der Waals surface area contributed by atoms with Crippen molar-refractivity contribution in [2.75, 3.05) is 24.7 Å². The Labute approximate surface area is 156 Å². The number of carbonyl (C=O) groups excluding carboxylic acids is 2. The van der Waals surface area contributed by atoms with Crippen molar-refractivity contribution >= 4 is 21.8 Å². The molecule has 3 rings (SSSR count). The topological polar surface area (TPSA) is 86.8 Å². The molecule has 26 heavy (non-hydrogen) atoms. The van der Waals surface area contributed by atoms with E-state index in [2.05, 4.69) is 26.1 Å². The highest BCUT2D eigenvalue weighted by atomic mass is 32.2. The van der Waals surface area contributed by atoms with Gasteiger partial charge in [-0.1, -0.05) is 27.7 Å². The molecule has 2 heterocycles. The Bertz CT molecular complexity index is 705. The summed E-state index contributed by atoms with van der Waals surface area (Å²) in [5.41, 5.74) is -0.806. The van der Waals surface area contributed by atoms with E-state index < -0.39 is 15.4 Å². The fraction of sp³-hybridized carbons (Fsp3) is 0.889. The second-order valence-corrected chi connectivity index (χ2v) is 11.4. The minimum absolute atomic E-state index is 0.000586. The van der Waals surface area contributed by atoms with Crippen LogP contribution in [0, 0.1) is 11.3 Å². The van der Waals surface area contributed by atoms with Gasteiger partial charge in [-0.15, -0.1) is 0 Å². The number of carbonyl (C=O) groups is 2. The van der Waals surface area contributed by atoms with Crippen LogP contribution in [0.5, 0.6) is 0 Å². The Morgan fingerprint density at radius 3 is 2.50 bits per heavy atom. The van der Waals surface area contributed by atoms with Gasteiger partial charge in [0, 0.05) is 6.04 Å². The van der Waals surface area contributed by atoms with Crippen molar-refractivity contribution in [2.45, 2.75) is 65.0 Å². The molecule has 0 bridgehead atoms. The fourth-order valence-corrected chi connectivity index (χ4v) is 7.11. The quantitative estimate of drug-likeness (QED) is 0.743. The average Bonchev–Trinajstić information content (AvgIpc) is 2.94. The van der Waals surface area contributed by atoms with Gasteiger partial charge in [0.05, 0.1) is 18.2 Å². The summed E-state index contributed by atoms with van der Waals surface area (Å²) < 4.78 is 23.6. The predicted molar refractivity (Wildman–Crippen MR) is 99.2 cm³/mol. The third kappa shape index (κ3) is 3.63. The van der Waals surface area contributed by atoms with Crippen LogP contribution in [-0.2, 0) is 14.6 Å². The summed E-state index contributed by atoms with van der Waals surface area (Å²) in [6.07, 6.45) is 2.92. The van der Waals surface area contributed by atoms with Gasteiger partial charge in [0.2, 0.25) is 0 Å². The Kier molecular flexibility index (Phi) is 4.88. The minimum atomic E-state index is -3.01. The molecular formula is C18H31N3O4S. The summed E-state index contributed by atoms with van der Waals surface area (Å²) in [6, 6.07) is -0.469. The number of nitrogens with zero attached hydrogens (tertiary/aromatic N) is 2. The summed E-state index contributed by atoms with van der Waals surface area (Å²) in [5.74, 6) is 0.510. The number of urea groups is 1. The molecule has 0 unspecified atom stereocenters. The molecule has 0 aromatic rings. The van der Waals surface area contributed by atoms with Crippen molar-refractivity contribution in [1.29, 1.82) is 0 Å². The van der Waals surface area contributed by atoms with Crippen LogP contribution in [0.15, 0.2) is 0 Å². The zero-order chi connectivity index (χ0) is 19.3. The van der Waals surface area contributed by atoms with E-state index in [1.165, 1.54) is 4.90 Å². The second-order valence-electron chi connectivity index (χ2n) is 9.20. The third-order valence-corrected chi connectivity index (χ3v) is 7.83. The van der Waals surface area contributed by atoms with Gasteiger partial charge < -0.3 is 5.32 Å². The molecule has 148 valence electrons. The smallest absolute Gasteiger partial charge is 0.323 e. The maximum absolute atomic E-state index is 13.2. The van der Waals surface area contributed by atoms with Gasteiger partial charge in [-0.2, -0.15) is 0 Å². The minimum Gasteiger partial charge on any atom is -0.323 e. The molecule has 0 aromatic heterocycles. The van der Waals surface area contributed by atoms with E-state index in [1.54, 1.807) is 0 Å². The van der Waals surface area contributed by atoms with E-state index in [0.29, 0.717) is 31.7 Å². The summed E-state index contributed by atoms with van der Waals surface area (Å²) in [6.45, 7) is 9.13. The molecule has 1 saturated carbocycles. The number of hydrogen-bond donors (Lipinski definition) is 1. The first kappa shape index (κ1) is 19.6. The molecule has 7 nitrogen and oxygen atoms in total. The van der Waals surface area contributed by atoms with Crippen LogP contribution in [0.3, 0.4) is 0 Å². The first-order valence-electron chi connectivity index (χ1n) is 9.55. The SMILES string of the molecule is CCN(CN1C(=O)N[C@]2(C[C@H](C)CC(C)(C)C2)C1=O)[C@@H]1CCS(=O)(=O)C1. The van der Waals surface area contributed by atoms with Crippen LogP contribution in [0.25, 0.3) is 0 Å². The van der Waals surface area contributed by atoms with Crippen molar-refractivity contribution in [3.8, 4) is 0 Å². The number of rotatable bonds is 4. The van der Waals surface area contributed by atoms with Gasteiger partial charge in [-0.05, 0) is 43.6 Å². The van der Waals surface area contributed by atoms with Gasteiger partial charge in [0.1, 0.15) is 5.54 Å². The van der Waals surface area contributed by atoms with E-state index in [-0.39, 0.29) is 41.6 Å². The van der Waals surface area contributed by atoms with Crippen molar-refractivity contribution < 1.29 is 18.0 Å². The number of hydrogen-bond acceptors (Lipinski definition) is 5. The van der Waals surface area contributed by atoms with E-state index in [1.807, 2.05) is 11.8 Å². The van der Waals surface area contributed by atoms with E-state index in [4.69, 9.17) is 0 Å². The number of amides is 3. The van der Waals surface area contributed by atoms with E-state index in [9.17, 15) is 18.0 Å². The van der Waals surface area contributed by atoms with Crippen molar-refractivity contribution in [3.63, 3.8) is 0 Å². The normalized spacial score (nSPS) is 36.1. The Hall–Kier alpha value is -1.15. The maximum atomic E-state index is 13.2. The van der Waals surface area contributed by atoms with Crippen LogP contribution in [0.4, 0.5) is 4.79 Å². The second kappa shape index (κ2) is 6.48. The summed E-state index contributed by atoms with van der Waals surface area (Å²) >= 11 is 0. The van der Waals surface area contributed by atoms with Gasteiger partial charge in [0.25, 0.3) is 5.91 Å². The summed E-state index contributed by atoms with van der Waals surface area (Å²) in [5, 5.41) is 2.98. The molecule has 8 heteroatoms. The molecule has 2 saturated heterocycles. The monoisotopic (exact) mass is 385 g/mol. The van der Waals surface area contributed by atoms with Crippen molar-refractivity contribution in [1.82, 2.24) is 15.1 Å². The first-order chi connectivity index (χ1) is 12.0. The first-order valence-corrected chi connectivity index (χ1v) is 11.4. The standard InChI is InChI=1S/C18H31N3O4S/c1-5-20(14-6-7-26(24,25)10-14)12-21-15(22)18(19-16(21)23)9-13(2)8-17(3,4)11-18/h13-14H,5-12H2,1-4H3,(H,19,23)/t13-,14-,18+/m1/s1. The molecular weight excluding hydrogens is 354 g/mol. The highest BCUT2D eigenvalue weighted by Gasteiger charge is 2.56. The molecule has 0 radical (unpaired) electrons. The van der Waals surface area contributed by atoms with Gasteiger partial charge in [0.15, 0.2) is 9.84 Å². The predicted octanol–water partition coefficient (Wildman–Crippen LogP) is 1.59. The molecule has 1 aliphatic carbocycles. The Balaban J connectivity index is 1.77. The van der Waals surface area contributed by atoms with Crippen LogP contribution >= 0.6 is 0 Å². The number of nitrogens with one attached hydrogen (secondary N) is 1. The van der Waals surface area contributed by atoms with Gasteiger partial charge in [-0.25, -0.2) is 18.1 Å². The van der Waals surface area contributed by atoms with Gasteiger partial charge >= 0.3 is 6.03 Å². The highest BCUT2D eigenvalue weighted by molar-refractivity contribution is 7.91. The summed E-state index contributed by atoms with van der Waals surface area (Å²) in [7, 11) is -3.01. The van der Waals surface area contributed by atoms with Crippen LogP contribution in [0.1, 0.15) is 53.4 Å². The molecule has 1 N–H and O–H groups in total. The van der Waals surface area contributed by atoms with Crippen molar-refractivity contribution in [3.05, 3.63) is 0 Å².